The fourth-order valence-corrected chi connectivity index (χ4v) is 5.12. The maximum atomic E-state index is 13.6. The number of thiazole rings is 1. The number of carbonyl (C=O) groups is 1. The molecule has 174 valence electrons. The molecule has 0 fully saturated rings. The van der Waals surface area contributed by atoms with Gasteiger partial charge in [-0.15, -0.1) is 0 Å². The van der Waals surface area contributed by atoms with Crippen LogP contribution in [-0.2, 0) is 9.53 Å². The molecule has 3 aromatic rings. The van der Waals surface area contributed by atoms with Crippen molar-refractivity contribution < 1.29 is 23.7 Å². The normalized spacial score (nSPS) is 16.8. The van der Waals surface area contributed by atoms with Gasteiger partial charge in [0, 0.05) is 0 Å². The lowest BCUT2D eigenvalue weighted by atomic mass is 9.95. The monoisotopic (exact) mass is 478 g/mol. The Morgan fingerprint density at radius 3 is 2.85 bits per heavy atom. The highest BCUT2D eigenvalue weighted by Gasteiger charge is 2.34. The van der Waals surface area contributed by atoms with Gasteiger partial charge in [0.15, 0.2) is 16.3 Å². The zero-order chi connectivity index (χ0) is 23.8. The Morgan fingerprint density at radius 1 is 1.24 bits per heavy atom. The van der Waals surface area contributed by atoms with Gasteiger partial charge >= 0.3 is 5.97 Å². The van der Waals surface area contributed by atoms with Crippen LogP contribution in [0.5, 0.6) is 17.2 Å². The molecule has 0 saturated carbocycles. The Morgan fingerprint density at radius 2 is 2.06 bits per heavy atom. The molecule has 2 aliphatic rings. The number of rotatable bonds is 5. The lowest BCUT2D eigenvalue weighted by Crippen LogP contribution is -2.39. The summed E-state index contributed by atoms with van der Waals surface area (Å²) in [5.74, 6) is 1.37. The van der Waals surface area contributed by atoms with Crippen LogP contribution in [-0.4, -0.2) is 31.0 Å². The van der Waals surface area contributed by atoms with Gasteiger partial charge in [-0.1, -0.05) is 29.5 Å². The van der Waals surface area contributed by atoms with E-state index in [9.17, 15) is 9.59 Å². The van der Waals surface area contributed by atoms with E-state index < -0.39 is 12.0 Å². The van der Waals surface area contributed by atoms with Crippen molar-refractivity contribution >= 4 is 23.4 Å². The first-order valence-corrected chi connectivity index (χ1v) is 11.5. The summed E-state index contributed by atoms with van der Waals surface area (Å²) >= 11 is 1.27. The van der Waals surface area contributed by atoms with Gasteiger partial charge in [0.25, 0.3) is 5.56 Å². The molecule has 0 saturated heterocycles. The van der Waals surface area contributed by atoms with Crippen molar-refractivity contribution in [1.29, 1.82) is 0 Å². The van der Waals surface area contributed by atoms with E-state index in [0.717, 1.165) is 5.56 Å². The van der Waals surface area contributed by atoms with Crippen LogP contribution >= 0.6 is 11.3 Å². The molecule has 9 heteroatoms. The molecule has 8 nitrogen and oxygen atoms in total. The quantitative estimate of drug-likeness (QED) is 0.524. The molecule has 1 aromatic heterocycles. The summed E-state index contributed by atoms with van der Waals surface area (Å²) in [7, 11) is 1.60. The molecule has 0 N–H and O–H groups in total. The van der Waals surface area contributed by atoms with E-state index >= 15 is 0 Å². The molecule has 2 aliphatic heterocycles. The van der Waals surface area contributed by atoms with Crippen molar-refractivity contribution in [2.75, 3.05) is 20.5 Å². The summed E-state index contributed by atoms with van der Waals surface area (Å²) in [6.45, 7) is 3.84. The Bertz CT molecular complexity index is 1500. The topological polar surface area (TPSA) is 88.4 Å². The minimum Gasteiger partial charge on any atom is -0.497 e. The Hall–Kier alpha value is -3.85. The summed E-state index contributed by atoms with van der Waals surface area (Å²) in [6.07, 6.45) is 1.80. The van der Waals surface area contributed by atoms with Crippen molar-refractivity contribution in [2.24, 2.45) is 4.99 Å². The van der Waals surface area contributed by atoms with E-state index in [1.165, 1.54) is 11.3 Å². The van der Waals surface area contributed by atoms with Gasteiger partial charge in [-0.25, -0.2) is 9.79 Å². The van der Waals surface area contributed by atoms with Gasteiger partial charge in [-0.05, 0) is 55.3 Å². The highest BCUT2D eigenvalue weighted by atomic mass is 32.1. The highest BCUT2D eigenvalue weighted by Crippen LogP contribution is 2.38. The summed E-state index contributed by atoms with van der Waals surface area (Å²) in [5, 5.41) is 0. The zero-order valence-electron chi connectivity index (χ0n) is 18.9. The van der Waals surface area contributed by atoms with Crippen LogP contribution in [0.2, 0.25) is 0 Å². The number of aromatic nitrogens is 1. The van der Waals surface area contributed by atoms with Crippen LogP contribution in [0.3, 0.4) is 0 Å². The van der Waals surface area contributed by atoms with E-state index in [0.29, 0.717) is 43.4 Å². The van der Waals surface area contributed by atoms with Crippen molar-refractivity contribution in [3.05, 3.63) is 84.5 Å². The second-order valence-corrected chi connectivity index (χ2v) is 8.70. The minimum absolute atomic E-state index is 0.127. The third-order valence-corrected chi connectivity index (χ3v) is 6.60. The van der Waals surface area contributed by atoms with Crippen molar-refractivity contribution in [3.63, 3.8) is 0 Å². The van der Waals surface area contributed by atoms with Gasteiger partial charge in [0.2, 0.25) is 6.79 Å². The van der Waals surface area contributed by atoms with E-state index in [1.54, 1.807) is 43.7 Å². The lowest BCUT2D eigenvalue weighted by molar-refractivity contribution is -0.139. The smallest absolute Gasteiger partial charge is 0.338 e. The third kappa shape index (κ3) is 3.77. The second-order valence-electron chi connectivity index (χ2n) is 7.69. The number of ether oxygens (including phenoxy) is 4. The lowest BCUT2D eigenvalue weighted by Gasteiger charge is -2.24. The van der Waals surface area contributed by atoms with Gasteiger partial charge in [-0.2, -0.15) is 0 Å². The fraction of sp³-hybridized carbons (Fsp3) is 0.240. The van der Waals surface area contributed by atoms with Crippen molar-refractivity contribution in [2.45, 2.75) is 19.9 Å². The summed E-state index contributed by atoms with van der Waals surface area (Å²) in [4.78, 5) is 31.7. The van der Waals surface area contributed by atoms with Crippen molar-refractivity contribution in [1.82, 2.24) is 4.57 Å². The number of carbonyl (C=O) groups excluding carboxylic acids is 1. The maximum Gasteiger partial charge on any atom is 0.338 e. The first kappa shape index (κ1) is 22.0. The maximum absolute atomic E-state index is 13.6. The third-order valence-electron chi connectivity index (χ3n) is 5.62. The first-order valence-electron chi connectivity index (χ1n) is 10.7. The van der Waals surface area contributed by atoms with Gasteiger partial charge in [0.1, 0.15) is 5.75 Å². The Kier molecular flexibility index (Phi) is 5.70. The molecule has 3 heterocycles. The molecule has 0 radical (unpaired) electrons. The largest absolute Gasteiger partial charge is 0.497 e. The van der Waals surface area contributed by atoms with Crippen LogP contribution in [0.15, 0.2) is 63.5 Å². The number of methoxy groups -OCH3 is 1. The molecule has 0 spiro atoms. The molecule has 5 rings (SSSR count). The van der Waals surface area contributed by atoms with Gasteiger partial charge < -0.3 is 18.9 Å². The van der Waals surface area contributed by atoms with Crippen LogP contribution in [0.25, 0.3) is 6.08 Å². The number of benzene rings is 2. The molecular formula is C25H22N2O6S. The van der Waals surface area contributed by atoms with E-state index in [2.05, 4.69) is 4.99 Å². The van der Waals surface area contributed by atoms with Gasteiger partial charge in [0.05, 0.1) is 35.6 Å². The average molecular weight is 479 g/mol. The van der Waals surface area contributed by atoms with Crippen LogP contribution < -0.4 is 29.1 Å². The molecule has 34 heavy (non-hydrogen) atoms. The molecule has 1 atom stereocenters. The summed E-state index contributed by atoms with van der Waals surface area (Å²) in [6, 6.07) is 12.1. The number of hydrogen-bond acceptors (Lipinski definition) is 8. The SMILES string of the molecule is CCOC(=O)C1=C(C)N=c2s/c(=C\c3cccc(OC)c3)c(=O)n2[C@@H]1c1ccc2c(c1)OCO2. The van der Waals surface area contributed by atoms with E-state index in [1.807, 2.05) is 30.3 Å². The van der Waals surface area contributed by atoms with Crippen LogP contribution in [0.1, 0.15) is 31.0 Å². The molecule has 0 amide bonds. The summed E-state index contributed by atoms with van der Waals surface area (Å²) in [5.41, 5.74) is 2.11. The van der Waals surface area contributed by atoms with Crippen LogP contribution in [0.4, 0.5) is 0 Å². The molecule has 0 bridgehead atoms. The standard InChI is InChI=1S/C25H22N2O6S/c1-4-31-24(29)21-14(2)26-25-27(22(21)16-8-9-18-19(12-16)33-13-32-18)23(28)20(34-25)11-15-6-5-7-17(10-15)30-3/h5-12,22H,4,13H2,1-3H3/b20-11-/t22-/m1/s1. The molecule has 0 aliphatic carbocycles. The second kappa shape index (κ2) is 8.83. The highest BCUT2D eigenvalue weighted by molar-refractivity contribution is 7.07. The van der Waals surface area contributed by atoms with Crippen molar-refractivity contribution in [3.8, 4) is 17.2 Å². The van der Waals surface area contributed by atoms with Crippen LogP contribution in [0, 0.1) is 0 Å². The average Bonchev–Trinajstić information content (AvgIpc) is 3.42. The molecule has 2 aromatic carbocycles. The fourth-order valence-electron chi connectivity index (χ4n) is 4.07. The molecule has 0 unspecified atom stereocenters. The number of hydrogen-bond donors (Lipinski definition) is 0. The van der Waals surface area contributed by atoms with Gasteiger partial charge in [-0.3, -0.25) is 9.36 Å². The Labute approximate surface area is 199 Å². The zero-order valence-corrected chi connectivity index (χ0v) is 19.7. The number of nitrogens with zero attached hydrogens (tertiary/aromatic N) is 2. The predicted octanol–water partition coefficient (Wildman–Crippen LogP) is 2.54. The van der Waals surface area contributed by atoms with E-state index in [-0.39, 0.29) is 19.0 Å². The summed E-state index contributed by atoms with van der Waals surface area (Å²) < 4.78 is 23.6. The first-order chi connectivity index (χ1) is 16.5. The predicted molar refractivity (Wildman–Crippen MR) is 126 cm³/mol. The number of esters is 1. The number of fused-ring (bicyclic) bond motifs is 2. The number of allylic oxidation sites excluding steroid dienone is 1. The molecular weight excluding hydrogens is 456 g/mol. The van der Waals surface area contributed by atoms with E-state index in [4.69, 9.17) is 18.9 Å². The minimum atomic E-state index is -0.711. The Balaban J connectivity index is 1.71.